The predicted octanol–water partition coefficient (Wildman–Crippen LogP) is 0.867. The molecule has 5 N–H and O–H groups in total. The SMILES string of the molecule is NCCCSCC(=O)Nc1sccc1C(N)=O. The van der Waals surface area contributed by atoms with Crippen molar-refractivity contribution >= 4 is 39.9 Å². The molecule has 17 heavy (non-hydrogen) atoms. The highest BCUT2D eigenvalue weighted by molar-refractivity contribution is 7.99. The number of primary amides is 1. The van der Waals surface area contributed by atoms with Gasteiger partial charge in [-0.05, 0) is 30.2 Å². The van der Waals surface area contributed by atoms with Crippen molar-refractivity contribution in [1.82, 2.24) is 0 Å². The maximum Gasteiger partial charge on any atom is 0.251 e. The van der Waals surface area contributed by atoms with E-state index in [9.17, 15) is 9.59 Å². The lowest BCUT2D eigenvalue weighted by atomic mass is 10.3. The first kappa shape index (κ1) is 14.0. The minimum Gasteiger partial charge on any atom is -0.366 e. The molecule has 0 fully saturated rings. The second-order valence-corrected chi connectivity index (χ2v) is 5.29. The second-order valence-electron chi connectivity index (χ2n) is 3.27. The van der Waals surface area contributed by atoms with E-state index in [0.29, 0.717) is 22.9 Å². The minimum atomic E-state index is -0.530. The maximum atomic E-state index is 11.5. The van der Waals surface area contributed by atoms with Gasteiger partial charge in [-0.15, -0.1) is 11.3 Å². The molecule has 0 aliphatic heterocycles. The first-order chi connectivity index (χ1) is 8.15. The second kappa shape index (κ2) is 7.31. The molecule has 0 radical (unpaired) electrons. The number of hydrogen-bond acceptors (Lipinski definition) is 5. The number of hydrogen-bond donors (Lipinski definition) is 3. The average Bonchev–Trinajstić information content (AvgIpc) is 2.72. The van der Waals surface area contributed by atoms with E-state index in [0.717, 1.165) is 12.2 Å². The quantitative estimate of drug-likeness (QED) is 0.642. The van der Waals surface area contributed by atoms with E-state index in [1.54, 1.807) is 11.4 Å². The summed E-state index contributed by atoms with van der Waals surface area (Å²) >= 11 is 2.81. The molecule has 94 valence electrons. The molecule has 0 saturated heterocycles. The Kier molecular flexibility index (Phi) is 6.03. The summed E-state index contributed by atoms with van der Waals surface area (Å²) in [6.45, 7) is 0.630. The molecule has 7 heteroatoms. The van der Waals surface area contributed by atoms with E-state index < -0.39 is 5.91 Å². The van der Waals surface area contributed by atoms with E-state index in [1.807, 2.05) is 0 Å². The number of anilines is 1. The molecule has 1 aromatic rings. The number of carbonyl (C=O) groups excluding carboxylic acids is 2. The van der Waals surface area contributed by atoms with Crippen LogP contribution in [0.4, 0.5) is 5.00 Å². The summed E-state index contributed by atoms with van der Waals surface area (Å²) in [5, 5.41) is 4.91. The van der Waals surface area contributed by atoms with Crippen LogP contribution in [-0.2, 0) is 4.79 Å². The lowest BCUT2D eigenvalue weighted by Gasteiger charge is -2.04. The fourth-order valence-corrected chi connectivity index (χ4v) is 2.69. The van der Waals surface area contributed by atoms with Gasteiger partial charge in [0.1, 0.15) is 5.00 Å². The molecule has 5 nitrogen and oxygen atoms in total. The molecule has 1 rings (SSSR count). The third-order valence-electron chi connectivity index (χ3n) is 1.91. The van der Waals surface area contributed by atoms with Gasteiger partial charge in [0, 0.05) is 0 Å². The summed E-state index contributed by atoms with van der Waals surface area (Å²) in [5.74, 6) is 0.557. The van der Waals surface area contributed by atoms with Crippen molar-refractivity contribution in [3.63, 3.8) is 0 Å². The normalized spacial score (nSPS) is 10.2. The zero-order valence-electron chi connectivity index (χ0n) is 9.27. The molecule has 0 saturated carbocycles. The lowest BCUT2D eigenvalue weighted by molar-refractivity contribution is -0.113. The number of rotatable bonds is 7. The van der Waals surface area contributed by atoms with Crippen LogP contribution < -0.4 is 16.8 Å². The Bertz CT molecular complexity index is 393. The smallest absolute Gasteiger partial charge is 0.251 e. The Morgan fingerprint density at radius 2 is 2.24 bits per heavy atom. The van der Waals surface area contributed by atoms with Crippen LogP contribution in [0.25, 0.3) is 0 Å². The molecule has 0 spiro atoms. The summed E-state index contributed by atoms with van der Waals surface area (Å²) in [6, 6.07) is 1.60. The zero-order chi connectivity index (χ0) is 12.7. The van der Waals surface area contributed by atoms with Gasteiger partial charge in [-0.1, -0.05) is 0 Å². The molecule has 0 aliphatic rings. The van der Waals surface area contributed by atoms with Gasteiger partial charge in [-0.3, -0.25) is 9.59 Å². The number of nitrogens with one attached hydrogen (secondary N) is 1. The van der Waals surface area contributed by atoms with Crippen LogP contribution in [0, 0.1) is 0 Å². The molecule has 0 bridgehead atoms. The number of nitrogens with two attached hydrogens (primary N) is 2. The Labute approximate surface area is 108 Å². The molecule has 0 aromatic carbocycles. The summed E-state index contributed by atoms with van der Waals surface area (Å²) < 4.78 is 0. The van der Waals surface area contributed by atoms with Gasteiger partial charge in [-0.25, -0.2) is 0 Å². The van der Waals surface area contributed by atoms with Gasteiger partial charge in [0.05, 0.1) is 11.3 Å². The van der Waals surface area contributed by atoms with Crippen LogP contribution in [0.3, 0.4) is 0 Å². The van der Waals surface area contributed by atoms with Crippen molar-refractivity contribution in [3.05, 3.63) is 17.0 Å². The number of thiophene rings is 1. The van der Waals surface area contributed by atoms with Crippen LogP contribution in [0.1, 0.15) is 16.8 Å². The molecule has 0 aliphatic carbocycles. The van der Waals surface area contributed by atoms with Gasteiger partial charge in [0.2, 0.25) is 5.91 Å². The van der Waals surface area contributed by atoms with Crippen LogP contribution >= 0.6 is 23.1 Å². The van der Waals surface area contributed by atoms with E-state index in [-0.39, 0.29) is 5.91 Å². The molecular formula is C10H15N3O2S2. The van der Waals surface area contributed by atoms with E-state index >= 15 is 0 Å². The zero-order valence-corrected chi connectivity index (χ0v) is 10.9. The van der Waals surface area contributed by atoms with E-state index in [4.69, 9.17) is 11.5 Å². The molecule has 0 unspecified atom stereocenters. The fourth-order valence-electron chi connectivity index (χ4n) is 1.11. The predicted molar refractivity (Wildman–Crippen MR) is 72.5 cm³/mol. The number of thioether (sulfide) groups is 1. The van der Waals surface area contributed by atoms with Crippen LogP contribution in [0.5, 0.6) is 0 Å². The molecule has 1 heterocycles. The fraction of sp³-hybridized carbons (Fsp3) is 0.400. The number of amides is 2. The molecule has 1 aromatic heterocycles. The summed E-state index contributed by atoms with van der Waals surface area (Å²) in [5.41, 5.74) is 10.9. The average molecular weight is 273 g/mol. The van der Waals surface area contributed by atoms with Crippen molar-refractivity contribution in [2.24, 2.45) is 11.5 Å². The van der Waals surface area contributed by atoms with Gasteiger partial charge in [0.15, 0.2) is 0 Å². The van der Waals surface area contributed by atoms with Crippen molar-refractivity contribution in [2.75, 3.05) is 23.4 Å². The van der Waals surface area contributed by atoms with Gasteiger partial charge in [0.25, 0.3) is 5.91 Å². The first-order valence-corrected chi connectivity index (χ1v) is 7.13. The minimum absolute atomic E-state index is 0.128. The van der Waals surface area contributed by atoms with Crippen LogP contribution in [0.15, 0.2) is 11.4 Å². The van der Waals surface area contributed by atoms with Crippen molar-refractivity contribution in [3.8, 4) is 0 Å². The first-order valence-electron chi connectivity index (χ1n) is 5.10. The maximum absolute atomic E-state index is 11.5. The van der Waals surface area contributed by atoms with Gasteiger partial charge in [-0.2, -0.15) is 11.8 Å². The van der Waals surface area contributed by atoms with Crippen molar-refractivity contribution in [1.29, 1.82) is 0 Å². The van der Waals surface area contributed by atoms with Crippen LogP contribution in [-0.4, -0.2) is 29.9 Å². The molecule has 0 atom stereocenters. The summed E-state index contributed by atoms with van der Waals surface area (Å²) in [4.78, 5) is 22.6. The topological polar surface area (TPSA) is 98.2 Å². The van der Waals surface area contributed by atoms with Gasteiger partial charge >= 0.3 is 0 Å². The highest BCUT2D eigenvalue weighted by Gasteiger charge is 2.11. The summed E-state index contributed by atoms with van der Waals surface area (Å²) in [7, 11) is 0. The number of carbonyl (C=O) groups is 2. The van der Waals surface area contributed by atoms with Crippen LogP contribution in [0.2, 0.25) is 0 Å². The highest BCUT2D eigenvalue weighted by atomic mass is 32.2. The third kappa shape index (κ3) is 4.76. The Hall–Kier alpha value is -1.05. The van der Waals surface area contributed by atoms with E-state index in [2.05, 4.69) is 5.32 Å². The van der Waals surface area contributed by atoms with E-state index in [1.165, 1.54) is 23.1 Å². The Morgan fingerprint density at radius 3 is 2.88 bits per heavy atom. The monoisotopic (exact) mass is 273 g/mol. The highest BCUT2D eigenvalue weighted by Crippen LogP contribution is 2.22. The molecular weight excluding hydrogens is 258 g/mol. The van der Waals surface area contributed by atoms with Crippen molar-refractivity contribution < 1.29 is 9.59 Å². The third-order valence-corrected chi connectivity index (χ3v) is 3.78. The Morgan fingerprint density at radius 1 is 1.47 bits per heavy atom. The molecule has 2 amide bonds. The van der Waals surface area contributed by atoms with Gasteiger partial charge < -0.3 is 16.8 Å². The Balaban J connectivity index is 2.40. The van der Waals surface area contributed by atoms with Crippen molar-refractivity contribution in [2.45, 2.75) is 6.42 Å². The largest absolute Gasteiger partial charge is 0.366 e. The lowest BCUT2D eigenvalue weighted by Crippen LogP contribution is -2.18. The summed E-state index contributed by atoms with van der Waals surface area (Å²) in [6.07, 6.45) is 0.892. The standard InChI is InChI=1S/C10H15N3O2S2/c11-3-1-4-16-6-8(14)13-10-7(9(12)15)2-5-17-10/h2,5H,1,3-4,6,11H2,(H2,12,15)(H,13,14).